The van der Waals surface area contributed by atoms with Gasteiger partial charge >= 0.3 is 0 Å². The van der Waals surface area contributed by atoms with E-state index in [4.69, 9.17) is 0 Å². The van der Waals surface area contributed by atoms with Crippen LogP contribution in [-0.2, 0) is 0 Å². The van der Waals surface area contributed by atoms with Crippen molar-refractivity contribution in [3.05, 3.63) is 33.9 Å². The Kier molecular flexibility index (Phi) is 5.43. The van der Waals surface area contributed by atoms with Crippen LogP contribution in [0.3, 0.4) is 0 Å². The zero-order valence-electron chi connectivity index (χ0n) is 10.7. The van der Waals surface area contributed by atoms with Crippen LogP contribution in [0.2, 0.25) is 0 Å². The molecule has 2 N–H and O–H groups in total. The number of nitrogens with zero attached hydrogens (tertiary/aromatic N) is 1. The molecule has 0 saturated carbocycles. The fourth-order valence-electron chi connectivity index (χ4n) is 1.70. The van der Waals surface area contributed by atoms with Crippen LogP contribution in [0.25, 0.3) is 0 Å². The van der Waals surface area contributed by atoms with Crippen molar-refractivity contribution in [1.29, 1.82) is 0 Å². The van der Waals surface area contributed by atoms with Gasteiger partial charge in [-0.05, 0) is 31.7 Å². The zero-order chi connectivity index (χ0) is 13.7. The van der Waals surface area contributed by atoms with Gasteiger partial charge in [-0.3, -0.25) is 10.1 Å². The second-order valence-corrected chi connectivity index (χ2v) is 5.24. The van der Waals surface area contributed by atoms with Crippen molar-refractivity contribution in [2.24, 2.45) is 0 Å². The summed E-state index contributed by atoms with van der Waals surface area (Å²) in [4.78, 5) is 10.5. The Hall–Kier alpha value is -1.27. The first kappa shape index (κ1) is 14.8. The highest BCUT2D eigenvalue weighted by atomic mass is 32.2. The molecule has 0 aromatic heterocycles. The van der Waals surface area contributed by atoms with Gasteiger partial charge in [0.2, 0.25) is 0 Å². The molecule has 0 aliphatic heterocycles. The minimum Gasteiger partial charge on any atom is -0.395 e. The molecule has 1 rings (SSSR count). The number of aryl methyl sites for hydroxylation is 1. The van der Waals surface area contributed by atoms with Gasteiger partial charge in [-0.1, -0.05) is 6.07 Å². The molecule has 6 heteroatoms. The molecule has 0 aliphatic rings. The van der Waals surface area contributed by atoms with E-state index in [1.54, 1.807) is 12.1 Å². The van der Waals surface area contributed by atoms with Crippen LogP contribution in [0, 0.1) is 17.0 Å². The molecule has 0 aliphatic carbocycles. The lowest BCUT2D eigenvalue weighted by Crippen LogP contribution is -2.31. The van der Waals surface area contributed by atoms with Crippen LogP contribution in [0.4, 0.5) is 11.4 Å². The van der Waals surface area contributed by atoms with Gasteiger partial charge in [0.25, 0.3) is 5.69 Å². The molecule has 2 unspecified atom stereocenters. The molecular weight excluding hydrogens is 252 g/mol. The standard InChI is InChI=1S/C12H18N2O3S/c1-8-4-5-11(14(16)17)10(6-8)13-9(2)12(7-15)18-3/h4-6,9,12-13,15H,7H2,1-3H3. The molecule has 1 aromatic rings. The molecule has 0 bridgehead atoms. The number of anilines is 1. The number of hydrogen-bond donors (Lipinski definition) is 2. The Balaban J connectivity index is 2.95. The van der Waals surface area contributed by atoms with Crippen LogP contribution < -0.4 is 5.32 Å². The maximum Gasteiger partial charge on any atom is 0.292 e. The first-order valence-electron chi connectivity index (χ1n) is 5.64. The van der Waals surface area contributed by atoms with Crippen molar-refractivity contribution in [3.8, 4) is 0 Å². The molecule has 0 heterocycles. The summed E-state index contributed by atoms with van der Waals surface area (Å²) in [6.45, 7) is 3.83. The molecule has 0 radical (unpaired) electrons. The fourth-order valence-corrected chi connectivity index (χ4v) is 2.33. The minimum absolute atomic E-state index is 0.00474. The predicted molar refractivity (Wildman–Crippen MR) is 75.3 cm³/mol. The molecule has 100 valence electrons. The van der Waals surface area contributed by atoms with Crippen molar-refractivity contribution in [1.82, 2.24) is 0 Å². The smallest absolute Gasteiger partial charge is 0.292 e. The van der Waals surface area contributed by atoms with E-state index in [1.807, 2.05) is 20.1 Å². The molecule has 2 atom stereocenters. The summed E-state index contributed by atoms with van der Waals surface area (Å²) in [7, 11) is 0. The number of aliphatic hydroxyl groups excluding tert-OH is 1. The normalized spacial score (nSPS) is 14.0. The SMILES string of the molecule is CSC(CO)C(C)Nc1cc(C)ccc1[N+](=O)[O-]. The van der Waals surface area contributed by atoms with E-state index in [2.05, 4.69) is 5.32 Å². The number of nitrogens with one attached hydrogen (secondary N) is 1. The van der Waals surface area contributed by atoms with Crippen LogP contribution in [0.1, 0.15) is 12.5 Å². The van der Waals surface area contributed by atoms with Gasteiger partial charge in [-0.15, -0.1) is 0 Å². The number of nitro groups is 1. The van der Waals surface area contributed by atoms with Crippen LogP contribution in [0.5, 0.6) is 0 Å². The molecule has 0 amide bonds. The quantitative estimate of drug-likeness (QED) is 0.613. The highest BCUT2D eigenvalue weighted by Crippen LogP contribution is 2.27. The largest absolute Gasteiger partial charge is 0.395 e. The van der Waals surface area contributed by atoms with Crippen molar-refractivity contribution in [2.45, 2.75) is 25.1 Å². The average Bonchev–Trinajstić information content (AvgIpc) is 2.30. The van der Waals surface area contributed by atoms with Gasteiger partial charge in [0.1, 0.15) is 5.69 Å². The lowest BCUT2D eigenvalue weighted by atomic mass is 10.1. The van der Waals surface area contributed by atoms with E-state index >= 15 is 0 Å². The number of benzene rings is 1. The monoisotopic (exact) mass is 270 g/mol. The molecule has 0 saturated heterocycles. The second-order valence-electron chi connectivity index (χ2n) is 4.17. The Morgan fingerprint density at radius 3 is 2.72 bits per heavy atom. The lowest BCUT2D eigenvalue weighted by Gasteiger charge is -2.22. The second kappa shape index (κ2) is 6.61. The van der Waals surface area contributed by atoms with E-state index < -0.39 is 4.92 Å². The third-order valence-electron chi connectivity index (χ3n) is 2.77. The van der Waals surface area contributed by atoms with Gasteiger partial charge in [0.15, 0.2) is 0 Å². The number of nitro benzene ring substituents is 1. The number of hydrogen-bond acceptors (Lipinski definition) is 5. The van der Waals surface area contributed by atoms with Crippen molar-refractivity contribution in [2.75, 3.05) is 18.2 Å². The first-order valence-corrected chi connectivity index (χ1v) is 6.93. The third kappa shape index (κ3) is 3.61. The van der Waals surface area contributed by atoms with Crippen molar-refractivity contribution < 1.29 is 10.0 Å². The molecule has 0 spiro atoms. The molecule has 1 aromatic carbocycles. The highest BCUT2D eigenvalue weighted by molar-refractivity contribution is 7.99. The summed E-state index contributed by atoms with van der Waals surface area (Å²) in [5.41, 5.74) is 1.52. The summed E-state index contributed by atoms with van der Waals surface area (Å²) in [6, 6.07) is 4.91. The summed E-state index contributed by atoms with van der Waals surface area (Å²) in [5, 5.41) is 23.3. The third-order valence-corrected chi connectivity index (χ3v) is 3.94. The highest BCUT2D eigenvalue weighted by Gasteiger charge is 2.19. The van der Waals surface area contributed by atoms with E-state index in [1.165, 1.54) is 17.8 Å². The first-order chi connectivity index (χ1) is 8.49. The topological polar surface area (TPSA) is 75.4 Å². The Bertz CT molecular complexity index is 422. The van der Waals surface area contributed by atoms with Crippen molar-refractivity contribution >= 4 is 23.1 Å². The maximum absolute atomic E-state index is 10.9. The Morgan fingerprint density at radius 2 is 2.22 bits per heavy atom. The van der Waals surface area contributed by atoms with Crippen LogP contribution in [0.15, 0.2) is 18.2 Å². The van der Waals surface area contributed by atoms with Gasteiger partial charge in [-0.25, -0.2) is 0 Å². The Morgan fingerprint density at radius 1 is 1.56 bits per heavy atom. The van der Waals surface area contributed by atoms with Gasteiger partial charge in [0.05, 0.1) is 11.5 Å². The van der Waals surface area contributed by atoms with Gasteiger partial charge < -0.3 is 10.4 Å². The number of rotatable bonds is 6. The van der Waals surface area contributed by atoms with Crippen LogP contribution in [-0.4, -0.2) is 34.2 Å². The van der Waals surface area contributed by atoms with Gasteiger partial charge in [0, 0.05) is 17.4 Å². The van der Waals surface area contributed by atoms with E-state index in [9.17, 15) is 15.2 Å². The predicted octanol–water partition coefficient (Wildman–Crippen LogP) is 2.43. The molecular formula is C12H18N2O3S. The van der Waals surface area contributed by atoms with E-state index in [-0.39, 0.29) is 23.6 Å². The molecule has 5 nitrogen and oxygen atoms in total. The van der Waals surface area contributed by atoms with Crippen LogP contribution >= 0.6 is 11.8 Å². The minimum atomic E-state index is -0.401. The Labute approximate surface area is 111 Å². The van der Waals surface area contributed by atoms with Gasteiger partial charge in [-0.2, -0.15) is 11.8 Å². The lowest BCUT2D eigenvalue weighted by molar-refractivity contribution is -0.384. The molecule has 18 heavy (non-hydrogen) atoms. The van der Waals surface area contributed by atoms with Crippen molar-refractivity contribution in [3.63, 3.8) is 0 Å². The summed E-state index contributed by atoms with van der Waals surface area (Å²) in [6.07, 6.45) is 1.91. The maximum atomic E-state index is 10.9. The molecule has 0 fully saturated rings. The zero-order valence-corrected chi connectivity index (χ0v) is 11.5. The number of aliphatic hydroxyl groups is 1. The fraction of sp³-hybridized carbons (Fsp3) is 0.500. The summed E-state index contributed by atoms with van der Waals surface area (Å²) in [5.74, 6) is 0. The number of thioether (sulfide) groups is 1. The summed E-state index contributed by atoms with van der Waals surface area (Å²) >= 11 is 1.53. The summed E-state index contributed by atoms with van der Waals surface area (Å²) < 4.78 is 0. The van der Waals surface area contributed by atoms with E-state index in [0.29, 0.717) is 5.69 Å². The van der Waals surface area contributed by atoms with E-state index in [0.717, 1.165) is 5.56 Å². The average molecular weight is 270 g/mol.